The van der Waals surface area contributed by atoms with E-state index >= 15 is 0 Å². The summed E-state index contributed by atoms with van der Waals surface area (Å²) < 4.78 is 34.3. The minimum absolute atomic E-state index is 0.245. The average molecular weight is 695 g/mol. The number of aromatic nitrogens is 2. The predicted molar refractivity (Wildman–Crippen MR) is 195 cm³/mol. The fourth-order valence-corrected chi connectivity index (χ4v) is 5.62. The molecule has 50 heavy (non-hydrogen) atoms. The van der Waals surface area contributed by atoms with Crippen molar-refractivity contribution >= 4 is 29.2 Å². The van der Waals surface area contributed by atoms with Crippen LogP contribution in [0.5, 0.6) is 28.7 Å². The smallest absolute Gasteiger partial charge is 0.420 e. The van der Waals surface area contributed by atoms with Crippen molar-refractivity contribution in [1.82, 2.24) is 19.8 Å². The molecule has 1 unspecified atom stereocenters. The Morgan fingerprint density at radius 1 is 0.900 bits per heavy atom. The van der Waals surface area contributed by atoms with Gasteiger partial charge in [-0.05, 0) is 44.4 Å². The zero-order valence-electron chi connectivity index (χ0n) is 30.7. The van der Waals surface area contributed by atoms with Crippen molar-refractivity contribution in [2.24, 2.45) is 5.92 Å². The zero-order chi connectivity index (χ0) is 35.9. The standard InChI is InChI=1S/C37H54N6O7/c1-8-27(2)12-9-10-22-50-37(44)43(30-14-13-29(45-4)26-31(30)46-5)34-15-16-38-36(40-34)39-28-24-32(47-6)35(48-7)33(25-28)49-23-11-17-42-20-18-41(3)19-21-42/h13-16,24-27H,8-12,17-23H2,1-7H3,(H,38,39,40). The van der Waals surface area contributed by atoms with Crippen LogP contribution in [0.1, 0.15) is 46.0 Å². The number of unbranched alkanes of at least 4 members (excludes halogenated alkanes) is 1. The van der Waals surface area contributed by atoms with Crippen LogP contribution in [0.3, 0.4) is 0 Å². The summed E-state index contributed by atoms with van der Waals surface area (Å²) in [5, 5.41) is 3.24. The van der Waals surface area contributed by atoms with Crippen molar-refractivity contribution in [3.8, 4) is 28.7 Å². The van der Waals surface area contributed by atoms with Crippen LogP contribution in [0.2, 0.25) is 0 Å². The van der Waals surface area contributed by atoms with Crippen LogP contribution in [-0.4, -0.2) is 107 Å². The maximum atomic E-state index is 13.7. The summed E-state index contributed by atoms with van der Waals surface area (Å²) in [6.45, 7) is 10.4. The Morgan fingerprint density at radius 2 is 1.66 bits per heavy atom. The third-order valence-electron chi connectivity index (χ3n) is 8.87. The Kier molecular flexibility index (Phi) is 15.0. The van der Waals surface area contributed by atoms with Crippen LogP contribution in [0, 0.1) is 5.92 Å². The van der Waals surface area contributed by atoms with Gasteiger partial charge in [-0.25, -0.2) is 14.7 Å². The first-order chi connectivity index (χ1) is 24.3. The third-order valence-corrected chi connectivity index (χ3v) is 8.87. The number of rotatable bonds is 19. The van der Waals surface area contributed by atoms with Crippen molar-refractivity contribution in [3.63, 3.8) is 0 Å². The molecule has 1 aliphatic heterocycles. The quantitative estimate of drug-likeness (QED) is 0.134. The molecule has 2 aromatic carbocycles. The van der Waals surface area contributed by atoms with Gasteiger partial charge in [-0.2, -0.15) is 4.98 Å². The summed E-state index contributed by atoms with van der Waals surface area (Å²) in [6.07, 6.45) is 5.82. The number of piperazine rings is 1. The highest BCUT2D eigenvalue weighted by Gasteiger charge is 2.26. The molecule has 0 saturated carbocycles. The maximum Gasteiger partial charge on any atom is 0.420 e. The molecule has 3 aromatic rings. The number of methoxy groups -OCH3 is 4. The van der Waals surface area contributed by atoms with Crippen LogP contribution >= 0.6 is 0 Å². The van der Waals surface area contributed by atoms with E-state index in [0.29, 0.717) is 52.6 Å². The Balaban J connectivity index is 1.54. The number of nitrogens with one attached hydrogen (secondary N) is 1. The van der Waals surface area contributed by atoms with E-state index in [9.17, 15) is 4.79 Å². The molecule has 1 aromatic heterocycles. The molecule has 0 spiro atoms. The monoisotopic (exact) mass is 694 g/mol. The Bertz CT molecular complexity index is 1500. The number of hydrogen-bond acceptors (Lipinski definition) is 12. The van der Waals surface area contributed by atoms with Crippen LogP contribution in [0.25, 0.3) is 0 Å². The summed E-state index contributed by atoms with van der Waals surface area (Å²) >= 11 is 0. The second-order valence-corrected chi connectivity index (χ2v) is 12.4. The molecule has 0 bridgehead atoms. The van der Waals surface area contributed by atoms with E-state index in [0.717, 1.165) is 64.8 Å². The fraction of sp³-hybridized carbons (Fsp3) is 0.541. The topological polar surface area (TPSA) is 120 Å². The van der Waals surface area contributed by atoms with E-state index in [2.05, 4.69) is 41.0 Å². The van der Waals surface area contributed by atoms with Gasteiger partial charge >= 0.3 is 6.09 Å². The molecule has 1 atom stereocenters. The number of likely N-dealkylation sites (N-methyl/N-ethyl adjacent to an activating group) is 1. The summed E-state index contributed by atoms with van der Waals surface area (Å²) in [4.78, 5) is 29.0. The summed E-state index contributed by atoms with van der Waals surface area (Å²) in [5.41, 5.74) is 1.06. The van der Waals surface area contributed by atoms with Gasteiger partial charge in [-0.15, -0.1) is 0 Å². The molecule has 1 aliphatic rings. The SMILES string of the molecule is CCC(C)CCCCOC(=O)N(c1ccnc(Nc2cc(OC)c(OC)c(OCCCN3CCN(C)CC3)c2)n1)c1ccc(OC)cc1OC. The number of anilines is 4. The van der Waals surface area contributed by atoms with E-state index in [1.54, 1.807) is 57.9 Å². The molecule has 274 valence electrons. The molecule has 1 N–H and O–H groups in total. The van der Waals surface area contributed by atoms with E-state index in [1.165, 1.54) is 12.0 Å². The Hall–Kier alpha value is -4.49. The number of ether oxygens (including phenoxy) is 6. The normalized spacial score (nSPS) is 14.1. The molecule has 13 nitrogen and oxygen atoms in total. The minimum Gasteiger partial charge on any atom is -0.497 e. The lowest BCUT2D eigenvalue weighted by molar-refractivity contribution is 0.145. The van der Waals surface area contributed by atoms with Gasteiger partial charge in [0.05, 0.1) is 47.3 Å². The Morgan fingerprint density at radius 3 is 2.36 bits per heavy atom. The van der Waals surface area contributed by atoms with Crippen LogP contribution < -0.4 is 33.9 Å². The largest absolute Gasteiger partial charge is 0.497 e. The number of carbonyl (C=O) groups excluding carboxylic acids is 1. The number of benzene rings is 2. The molecule has 2 heterocycles. The van der Waals surface area contributed by atoms with Gasteiger partial charge < -0.3 is 43.5 Å². The number of amides is 1. The number of hydrogen-bond donors (Lipinski definition) is 1. The number of nitrogens with zero attached hydrogens (tertiary/aromatic N) is 5. The lowest BCUT2D eigenvalue weighted by Crippen LogP contribution is -2.44. The van der Waals surface area contributed by atoms with Gasteiger partial charge in [0, 0.05) is 68.9 Å². The summed E-state index contributed by atoms with van der Waals surface area (Å²) in [5.74, 6) is 3.69. The van der Waals surface area contributed by atoms with Gasteiger partial charge in [-0.1, -0.05) is 26.7 Å². The molecule has 1 fully saturated rings. The Labute approximate surface area is 296 Å². The van der Waals surface area contributed by atoms with E-state index in [1.807, 2.05) is 6.07 Å². The fourth-order valence-electron chi connectivity index (χ4n) is 5.62. The first-order valence-electron chi connectivity index (χ1n) is 17.4. The second-order valence-electron chi connectivity index (χ2n) is 12.4. The highest BCUT2D eigenvalue weighted by molar-refractivity contribution is 5.97. The van der Waals surface area contributed by atoms with Gasteiger partial charge in [0.25, 0.3) is 0 Å². The molecular weight excluding hydrogens is 640 g/mol. The van der Waals surface area contributed by atoms with Gasteiger partial charge in [0.15, 0.2) is 11.5 Å². The van der Waals surface area contributed by atoms with Crippen molar-refractivity contribution in [2.75, 3.05) is 91.6 Å². The van der Waals surface area contributed by atoms with Gasteiger partial charge in [-0.3, -0.25) is 0 Å². The zero-order valence-corrected chi connectivity index (χ0v) is 30.7. The minimum atomic E-state index is -0.583. The molecule has 1 amide bonds. The van der Waals surface area contributed by atoms with Crippen LogP contribution in [-0.2, 0) is 4.74 Å². The second kappa shape index (κ2) is 19.6. The average Bonchev–Trinajstić information content (AvgIpc) is 3.13. The highest BCUT2D eigenvalue weighted by atomic mass is 16.6. The van der Waals surface area contributed by atoms with Crippen molar-refractivity contribution in [2.45, 2.75) is 46.0 Å². The lowest BCUT2D eigenvalue weighted by Gasteiger charge is -2.32. The molecule has 13 heteroatoms. The lowest BCUT2D eigenvalue weighted by atomic mass is 10.0. The molecular formula is C37H54N6O7. The first kappa shape index (κ1) is 38.3. The predicted octanol–water partition coefficient (Wildman–Crippen LogP) is 6.76. The summed E-state index contributed by atoms with van der Waals surface area (Å²) in [7, 11) is 8.42. The van der Waals surface area contributed by atoms with Crippen molar-refractivity contribution in [3.05, 3.63) is 42.6 Å². The van der Waals surface area contributed by atoms with Crippen molar-refractivity contribution in [1.29, 1.82) is 0 Å². The van der Waals surface area contributed by atoms with E-state index in [4.69, 9.17) is 33.4 Å². The van der Waals surface area contributed by atoms with Crippen molar-refractivity contribution < 1.29 is 33.2 Å². The summed E-state index contributed by atoms with van der Waals surface area (Å²) in [6, 6.07) is 10.4. The van der Waals surface area contributed by atoms with E-state index in [-0.39, 0.29) is 18.4 Å². The van der Waals surface area contributed by atoms with Gasteiger partial charge in [0.2, 0.25) is 11.7 Å². The molecule has 0 radical (unpaired) electrons. The first-order valence-corrected chi connectivity index (χ1v) is 17.4. The highest BCUT2D eigenvalue weighted by Crippen LogP contribution is 2.41. The molecule has 4 rings (SSSR count). The van der Waals surface area contributed by atoms with E-state index < -0.39 is 6.09 Å². The van der Waals surface area contributed by atoms with Crippen LogP contribution in [0.15, 0.2) is 42.6 Å². The van der Waals surface area contributed by atoms with Gasteiger partial charge in [0.1, 0.15) is 17.3 Å². The van der Waals surface area contributed by atoms with Crippen LogP contribution in [0.4, 0.5) is 27.9 Å². The third kappa shape index (κ3) is 10.8. The number of carbonyl (C=O) groups is 1. The maximum absolute atomic E-state index is 13.7. The molecule has 0 aliphatic carbocycles. The molecule has 1 saturated heterocycles.